The maximum atomic E-state index is 12.5. The van der Waals surface area contributed by atoms with Crippen LogP contribution < -0.4 is 5.32 Å². The average Bonchev–Trinajstić information content (AvgIpc) is 3.09. The van der Waals surface area contributed by atoms with Crippen molar-refractivity contribution >= 4 is 30.7 Å². The lowest BCUT2D eigenvalue weighted by Crippen LogP contribution is -2.48. The maximum absolute atomic E-state index is 12.5. The molecule has 8 heteroatoms. The molecule has 0 spiro atoms. The number of rotatable bonds is 3. The third-order valence-corrected chi connectivity index (χ3v) is 4.58. The van der Waals surface area contributed by atoms with Crippen molar-refractivity contribution in [2.24, 2.45) is 5.92 Å². The van der Waals surface area contributed by atoms with Crippen LogP contribution in [0.25, 0.3) is 0 Å². The van der Waals surface area contributed by atoms with Gasteiger partial charge in [-0.1, -0.05) is 0 Å². The number of carbonyl (C=O) groups is 1. The predicted molar refractivity (Wildman–Crippen MR) is 94.3 cm³/mol. The molecule has 0 aliphatic carbocycles. The molecule has 1 unspecified atom stereocenters. The van der Waals surface area contributed by atoms with E-state index in [0.29, 0.717) is 11.8 Å². The topological polar surface area (TPSA) is 63.1 Å². The van der Waals surface area contributed by atoms with Gasteiger partial charge in [-0.3, -0.25) is 4.79 Å². The Bertz CT molecular complexity index is 516. The molecule has 2 saturated heterocycles. The summed E-state index contributed by atoms with van der Waals surface area (Å²) in [5.41, 5.74) is 0. The van der Waals surface area contributed by atoms with Crippen molar-refractivity contribution < 1.29 is 4.79 Å². The molecule has 1 N–H and O–H groups in total. The van der Waals surface area contributed by atoms with E-state index >= 15 is 0 Å². The van der Waals surface area contributed by atoms with Crippen LogP contribution in [0.4, 0.5) is 0 Å². The van der Waals surface area contributed by atoms with Gasteiger partial charge in [0.2, 0.25) is 5.91 Å². The molecule has 2 aliphatic rings. The zero-order valence-electron chi connectivity index (χ0n) is 13.8. The van der Waals surface area contributed by atoms with Crippen LogP contribution in [0.2, 0.25) is 0 Å². The number of nitrogens with one attached hydrogen (secondary N) is 1. The highest BCUT2D eigenvalue weighted by Crippen LogP contribution is 2.20. The van der Waals surface area contributed by atoms with Crippen LogP contribution in [-0.4, -0.2) is 51.2 Å². The molecule has 6 nitrogen and oxygen atoms in total. The summed E-state index contributed by atoms with van der Waals surface area (Å²) >= 11 is 0. The monoisotopic (exact) mass is 363 g/mol. The normalized spacial score (nSPS) is 24.0. The number of aryl methyl sites for hydroxylation is 2. The molecule has 132 valence electrons. The first kappa shape index (κ1) is 20.2. The summed E-state index contributed by atoms with van der Waals surface area (Å²) in [6.07, 6.45) is 4.36. The van der Waals surface area contributed by atoms with Crippen LogP contribution in [0.3, 0.4) is 0 Å². The second-order valence-corrected chi connectivity index (χ2v) is 6.33. The molecule has 0 aromatic carbocycles. The number of carbonyl (C=O) groups excluding carboxylic acids is 1. The number of hydrogen-bond donors (Lipinski definition) is 1. The Kier molecular flexibility index (Phi) is 7.77. The van der Waals surface area contributed by atoms with Gasteiger partial charge in [0.1, 0.15) is 11.6 Å². The predicted octanol–water partition coefficient (Wildman–Crippen LogP) is 1.73. The summed E-state index contributed by atoms with van der Waals surface area (Å²) in [6, 6.07) is 0.0547. The van der Waals surface area contributed by atoms with Crippen molar-refractivity contribution in [3.05, 3.63) is 11.6 Å². The fourth-order valence-electron chi connectivity index (χ4n) is 3.51. The van der Waals surface area contributed by atoms with E-state index in [-0.39, 0.29) is 30.9 Å². The van der Waals surface area contributed by atoms with Crippen LogP contribution in [-0.2, 0) is 11.3 Å². The standard InChI is InChI=1S/C15H25N5O.2ClH/c1-11-17-12(2)20(18-11)10-13-5-4-8-19(9-13)15(21)14-6-3-7-16-14;;/h13-14,16H,3-10H2,1-2H3;2*1H/t13?,14-;;/m0../s1. The van der Waals surface area contributed by atoms with Crippen LogP contribution in [0.15, 0.2) is 0 Å². The van der Waals surface area contributed by atoms with Gasteiger partial charge in [0.05, 0.1) is 6.04 Å². The van der Waals surface area contributed by atoms with Gasteiger partial charge in [0.25, 0.3) is 0 Å². The Morgan fingerprint density at radius 1 is 1.26 bits per heavy atom. The third kappa shape index (κ3) is 4.81. The maximum Gasteiger partial charge on any atom is 0.239 e. The van der Waals surface area contributed by atoms with Crippen molar-refractivity contribution in [2.75, 3.05) is 19.6 Å². The SMILES string of the molecule is Cc1nc(C)n(CC2CCCN(C(=O)[C@@H]3CCCN3)C2)n1.Cl.Cl. The smallest absolute Gasteiger partial charge is 0.239 e. The van der Waals surface area contributed by atoms with E-state index in [1.807, 2.05) is 18.5 Å². The van der Waals surface area contributed by atoms with E-state index in [1.54, 1.807) is 0 Å². The van der Waals surface area contributed by atoms with Crippen molar-refractivity contribution in [3.63, 3.8) is 0 Å². The van der Waals surface area contributed by atoms with E-state index in [4.69, 9.17) is 0 Å². The van der Waals surface area contributed by atoms with Gasteiger partial charge in [0.15, 0.2) is 0 Å². The van der Waals surface area contributed by atoms with Gasteiger partial charge in [-0.05, 0) is 52.0 Å². The van der Waals surface area contributed by atoms with Gasteiger partial charge < -0.3 is 10.2 Å². The molecule has 2 fully saturated rings. The van der Waals surface area contributed by atoms with Gasteiger partial charge >= 0.3 is 0 Å². The van der Waals surface area contributed by atoms with Crippen molar-refractivity contribution in [2.45, 2.75) is 52.1 Å². The van der Waals surface area contributed by atoms with Crippen molar-refractivity contribution in [3.8, 4) is 0 Å². The van der Waals surface area contributed by atoms with Crippen LogP contribution >= 0.6 is 24.8 Å². The molecule has 2 aliphatic heterocycles. The molecular formula is C15H27Cl2N5O. The van der Waals surface area contributed by atoms with E-state index < -0.39 is 0 Å². The molecule has 1 aromatic rings. The van der Waals surface area contributed by atoms with E-state index in [0.717, 1.165) is 57.1 Å². The first-order valence-corrected chi connectivity index (χ1v) is 8.03. The zero-order valence-corrected chi connectivity index (χ0v) is 15.5. The largest absolute Gasteiger partial charge is 0.341 e. The highest BCUT2D eigenvalue weighted by molar-refractivity contribution is 5.85. The zero-order chi connectivity index (χ0) is 14.8. The molecule has 1 amide bonds. The summed E-state index contributed by atoms with van der Waals surface area (Å²) in [6.45, 7) is 7.53. The quantitative estimate of drug-likeness (QED) is 0.887. The summed E-state index contributed by atoms with van der Waals surface area (Å²) in [4.78, 5) is 18.9. The molecular weight excluding hydrogens is 337 g/mol. The molecule has 1 aromatic heterocycles. The molecule has 0 radical (unpaired) electrons. The Morgan fingerprint density at radius 3 is 2.65 bits per heavy atom. The molecule has 2 atom stereocenters. The molecule has 3 rings (SSSR count). The molecule has 0 bridgehead atoms. The van der Waals surface area contributed by atoms with Gasteiger partial charge in [0, 0.05) is 19.6 Å². The first-order chi connectivity index (χ1) is 10.1. The lowest BCUT2D eigenvalue weighted by Gasteiger charge is -2.34. The lowest BCUT2D eigenvalue weighted by atomic mass is 9.97. The number of hydrogen-bond acceptors (Lipinski definition) is 4. The van der Waals surface area contributed by atoms with Gasteiger partial charge in [-0.25, -0.2) is 9.67 Å². The average molecular weight is 364 g/mol. The summed E-state index contributed by atoms with van der Waals surface area (Å²) in [7, 11) is 0. The van der Waals surface area contributed by atoms with E-state index in [2.05, 4.69) is 20.3 Å². The minimum atomic E-state index is 0. The fourth-order valence-corrected chi connectivity index (χ4v) is 3.51. The van der Waals surface area contributed by atoms with Crippen molar-refractivity contribution in [1.29, 1.82) is 0 Å². The van der Waals surface area contributed by atoms with E-state index in [9.17, 15) is 4.79 Å². The first-order valence-electron chi connectivity index (χ1n) is 8.03. The van der Waals surface area contributed by atoms with E-state index in [1.165, 1.54) is 6.42 Å². The number of amides is 1. The Labute approximate surface area is 150 Å². The number of piperidine rings is 1. The summed E-state index contributed by atoms with van der Waals surface area (Å²) in [5.74, 6) is 2.58. The Morgan fingerprint density at radius 2 is 2.04 bits per heavy atom. The second-order valence-electron chi connectivity index (χ2n) is 6.33. The minimum absolute atomic E-state index is 0. The van der Waals surface area contributed by atoms with Crippen molar-refractivity contribution in [1.82, 2.24) is 25.0 Å². The summed E-state index contributed by atoms with van der Waals surface area (Å²) in [5, 5.41) is 7.75. The van der Waals surface area contributed by atoms with Gasteiger partial charge in [-0.15, -0.1) is 24.8 Å². The molecule has 23 heavy (non-hydrogen) atoms. The lowest BCUT2D eigenvalue weighted by molar-refractivity contribution is -0.135. The fraction of sp³-hybridized carbons (Fsp3) is 0.800. The number of halogens is 2. The summed E-state index contributed by atoms with van der Waals surface area (Å²) < 4.78 is 1.99. The van der Waals surface area contributed by atoms with Crippen LogP contribution in [0.5, 0.6) is 0 Å². The number of aromatic nitrogens is 3. The second kappa shape index (κ2) is 8.85. The Hall–Kier alpha value is -0.850. The third-order valence-electron chi connectivity index (χ3n) is 4.58. The number of nitrogens with zero attached hydrogens (tertiary/aromatic N) is 4. The van der Waals surface area contributed by atoms with Crippen LogP contribution in [0, 0.1) is 19.8 Å². The highest BCUT2D eigenvalue weighted by Gasteiger charge is 2.30. The Balaban J connectivity index is 0.00000132. The van der Waals surface area contributed by atoms with Gasteiger partial charge in [-0.2, -0.15) is 5.10 Å². The highest BCUT2D eigenvalue weighted by atomic mass is 35.5. The minimum Gasteiger partial charge on any atom is -0.341 e. The molecule has 3 heterocycles. The molecule has 0 saturated carbocycles. The van der Waals surface area contributed by atoms with Crippen LogP contribution in [0.1, 0.15) is 37.3 Å². The number of likely N-dealkylation sites (tertiary alicyclic amines) is 1.